The first-order valence-electron chi connectivity index (χ1n) is 12.3. The van der Waals surface area contributed by atoms with E-state index >= 15 is 0 Å². The summed E-state index contributed by atoms with van der Waals surface area (Å²) < 4.78 is 7.17. The Bertz CT molecular complexity index is 1370. The van der Waals surface area contributed by atoms with Gasteiger partial charge in [-0.25, -0.2) is 0 Å². The third kappa shape index (κ3) is 3.86. The lowest BCUT2D eigenvalue weighted by molar-refractivity contribution is -0.134. The van der Waals surface area contributed by atoms with Crippen LogP contribution in [0.1, 0.15) is 30.5 Å². The molecule has 3 aromatic carbocycles. The first kappa shape index (κ1) is 22.1. The summed E-state index contributed by atoms with van der Waals surface area (Å²) in [5.74, 6) is 1.58. The molecule has 0 radical (unpaired) electrons. The number of benzene rings is 3. The SMILES string of the molecule is COc1ccc(-c2cc3ccccc3s2)cc1[C@H]1[C@H]2C=CC[C@@H](C)[C@@H]2C(=O)N1Cc1ccccc1. The lowest BCUT2D eigenvalue weighted by Crippen LogP contribution is -2.30. The standard InChI is InChI=1S/C31H29NO2S/c1-20-9-8-13-24-29(20)31(33)32(19-21-10-4-3-5-11-21)30(24)25-17-23(15-16-26(25)34-2)28-18-22-12-6-7-14-27(22)35-28/h3-8,10-18,20,24,29-30H,9,19H2,1-2H3/t20-,24+,29+,30-/m1/s1. The predicted molar refractivity (Wildman–Crippen MR) is 143 cm³/mol. The van der Waals surface area contributed by atoms with Crippen LogP contribution in [0.3, 0.4) is 0 Å². The Balaban J connectivity index is 1.48. The van der Waals surface area contributed by atoms with E-state index in [2.05, 4.69) is 84.6 Å². The van der Waals surface area contributed by atoms with Gasteiger partial charge in [0, 0.05) is 33.5 Å². The maximum Gasteiger partial charge on any atom is 0.227 e. The summed E-state index contributed by atoms with van der Waals surface area (Å²) in [5.41, 5.74) is 3.42. The molecule has 1 amide bonds. The van der Waals surface area contributed by atoms with Crippen LogP contribution in [0.2, 0.25) is 0 Å². The second-order valence-electron chi connectivity index (χ2n) is 9.75. The van der Waals surface area contributed by atoms with Crippen LogP contribution in [-0.4, -0.2) is 17.9 Å². The first-order chi connectivity index (χ1) is 17.1. The number of nitrogens with zero attached hydrogens (tertiary/aromatic N) is 1. The zero-order chi connectivity index (χ0) is 23.9. The summed E-state index contributed by atoms with van der Waals surface area (Å²) in [7, 11) is 1.73. The monoisotopic (exact) mass is 479 g/mol. The Morgan fingerprint density at radius 2 is 1.80 bits per heavy atom. The molecular formula is C31H29NO2S. The molecule has 1 fully saturated rings. The van der Waals surface area contributed by atoms with Gasteiger partial charge in [0.25, 0.3) is 0 Å². The van der Waals surface area contributed by atoms with Crippen LogP contribution in [0, 0.1) is 17.8 Å². The Morgan fingerprint density at radius 3 is 2.60 bits per heavy atom. The lowest BCUT2D eigenvalue weighted by Gasteiger charge is -2.30. The van der Waals surface area contributed by atoms with Crippen molar-refractivity contribution in [3.05, 3.63) is 102 Å². The highest BCUT2D eigenvalue weighted by atomic mass is 32.1. The number of ether oxygens (including phenoxy) is 1. The van der Waals surface area contributed by atoms with Crippen LogP contribution in [0.25, 0.3) is 20.5 Å². The molecule has 4 heteroatoms. The van der Waals surface area contributed by atoms with E-state index in [0.717, 1.165) is 23.3 Å². The summed E-state index contributed by atoms with van der Waals surface area (Å²) in [6.45, 7) is 2.82. The summed E-state index contributed by atoms with van der Waals surface area (Å²) in [4.78, 5) is 17.2. The average molecular weight is 480 g/mol. The van der Waals surface area contributed by atoms with Crippen molar-refractivity contribution in [1.82, 2.24) is 4.90 Å². The van der Waals surface area contributed by atoms with Crippen LogP contribution in [0.5, 0.6) is 5.75 Å². The molecule has 0 unspecified atom stereocenters. The Hall–Kier alpha value is -3.37. The Kier molecular flexibility index (Phi) is 5.69. The van der Waals surface area contributed by atoms with Crippen LogP contribution in [0.4, 0.5) is 0 Å². The molecular weight excluding hydrogens is 450 g/mol. The lowest BCUT2D eigenvalue weighted by atomic mass is 9.75. The summed E-state index contributed by atoms with van der Waals surface area (Å²) >= 11 is 1.81. The van der Waals surface area contributed by atoms with Gasteiger partial charge in [-0.1, -0.05) is 67.6 Å². The van der Waals surface area contributed by atoms with E-state index in [1.165, 1.54) is 20.5 Å². The largest absolute Gasteiger partial charge is 0.496 e. The zero-order valence-corrected chi connectivity index (χ0v) is 20.9. The Labute approximate surface area is 210 Å². The van der Waals surface area contributed by atoms with Gasteiger partial charge in [0.2, 0.25) is 5.91 Å². The van der Waals surface area contributed by atoms with E-state index < -0.39 is 0 Å². The number of hydrogen-bond acceptors (Lipinski definition) is 3. The molecule has 0 bridgehead atoms. The van der Waals surface area contributed by atoms with Crippen molar-refractivity contribution in [2.75, 3.05) is 7.11 Å². The minimum atomic E-state index is -0.0593. The molecule has 1 saturated heterocycles. The smallest absolute Gasteiger partial charge is 0.227 e. The number of thiophene rings is 1. The van der Waals surface area contributed by atoms with Crippen molar-refractivity contribution in [3.8, 4) is 16.2 Å². The van der Waals surface area contributed by atoms with Gasteiger partial charge in [0.05, 0.1) is 13.2 Å². The molecule has 0 saturated carbocycles. The quantitative estimate of drug-likeness (QED) is 0.278. The average Bonchev–Trinajstić information content (AvgIpc) is 3.44. The first-order valence-corrected chi connectivity index (χ1v) is 13.1. The van der Waals surface area contributed by atoms with Crippen LogP contribution < -0.4 is 4.74 Å². The number of fused-ring (bicyclic) bond motifs is 2. The fourth-order valence-electron chi connectivity index (χ4n) is 5.92. The van der Waals surface area contributed by atoms with Gasteiger partial charge in [-0.3, -0.25) is 4.79 Å². The second-order valence-corrected chi connectivity index (χ2v) is 10.8. The molecule has 6 rings (SSSR count). The molecule has 35 heavy (non-hydrogen) atoms. The van der Waals surface area contributed by atoms with Gasteiger partial charge in [-0.05, 0) is 59.2 Å². The van der Waals surface area contributed by atoms with E-state index in [1.54, 1.807) is 18.4 Å². The molecule has 0 N–H and O–H groups in total. The summed E-state index contributed by atoms with van der Waals surface area (Å²) in [5, 5.41) is 1.26. The number of amides is 1. The number of allylic oxidation sites excluding steroid dienone is 1. The number of rotatable bonds is 5. The molecule has 1 aromatic heterocycles. The molecule has 3 nitrogen and oxygen atoms in total. The van der Waals surface area contributed by atoms with Gasteiger partial charge in [-0.15, -0.1) is 11.3 Å². The van der Waals surface area contributed by atoms with Gasteiger partial charge in [0.1, 0.15) is 5.75 Å². The fourth-order valence-corrected chi connectivity index (χ4v) is 6.98. The molecule has 2 heterocycles. The third-order valence-corrected chi connectivity index (χ3v) is 8.78. The summed E-state index contributed by atoms with van der Waals surface area (Å²) in [6, 6.07) is 27.5. The molecule has 0 spiro atoms. The highest BCUT2D eigenvalue weighted by Crippen LogP contribution is 2.51. The van der Waals surface area contributed by atoms with E-state index in [0.29, 0.717) is 12.5 Å². The van der Waals surface area contributed by atoms with E-state index in [-0.39, 0.29) is 23.8 Å². The maximum atomic E-state index is 13.9. The molecule has 176 valence electrons. The van der Waals surface area contributed by atoms with Crippen molar-refractivity contribution in [2.24, 2.45) is 17.8 Å². The molecule has 4 atom stereocenters. The number of carbonyl (C=O) groups excluding carboxylic acids is 1. The number of hydrogen-bond donors (Lipinski definition) is 0. The molecule has 1 aliphatic carbocycles. The highest BCUT2D eigenvalue weighted by molar-refractivity contribution is 7.22. The third-order valence-electron chi connectivity index (χ3n) is 7.62. The van der Waals surface area contributed by atoms with Gasteiger partial charge in [-0.2, -0.15) is 0 Å². The fraction of sp³-hybridized carbons (Fsp3) is 0.258. The van der Waals surface area contributed by atoms with Crippen molar-refractivity contribution >= 4 is 27.3 Å². The molecule has 2 aliphatic rings. The van der Waals surface area contributed by atoms with Gasteiger partial charge < -0.3 is 9.64 Å². The van der Waals surface area contributed by atoms with Gasteiger partial charge in [0.15, 0.2) is 0 Å². The van der Waals surface area contributed by atoms with Crippen molar-refractivity contribution in [2.45, 2.75) is 25.9 Å². The number of carbonyl (C=O) groups is 1. The van der Waals surface area contributed by atoms with E-state index in [4.69, 9.17) is 4.74 Å². The number of likely N-dealkylation sites (tertiary alicyclic amines) is 1. The van der Waals surface area contributed by atoms with Crippen molar-refractivity contribution in [3.63, 3.8) is 0 Å². The molecule has 4 aromatic rings. The highest BCUT2D eigenvalue weighted by Gasteiger charge is 2.51. The van der Waals surface area contributed by atoms with Crippen molar-refractivity contribution < 1.29 is 9.53 Å². The number of methoxy groups -OCH3 is 1. The van der Waals surface area contributed by atoms with Crippen LogP contribution in [0.15, 0.2) is 91.0 Å². The van der Waals surface area contributed by atoms with Crippen LogP contribution in [-0.2, 0) is 11.3 Å². The van der Waals surface area contributed by atoms with E-state index in [9.17, 15) is 4.79 Å². The maximum absolute atomic E-state index is 13.9. The topological polar surface area (TPSA) is 29.5 Å². The molecule has 1 aliphatic heterocycles. The zero-order valence-electron chi connectivity index (χ0n) is 20.1. The van der Waals surface area contributed by atoms with Crippen molar-refractivity contribution in [1.29, 1.82) is 0 Å². The minimum Gasteiger partial charge on any atom is -0.496 e. The normalized spacial score (nSPS) is 23.6. The Morgan fingerprint density at radius 1 is 1.00 bits per heavy atom. The predicted octanol–water partition coefficient (Wildman–Crippen LogP) is 7.49. The minimum absolute atomic E-state index is 0.00593. The second kappa shape index (κ2) is 9.01. The van der Waals surface area contributed by atoms with E-state index in [1.807, 2.05) is 18.2 Å². The summed E-state index contributed by atoms with van der Waals surface area (Å²) in [6.07, 6.45) is 5.50. The van der Waals surface area contributed by atoms with Gasteiger partial charge >= 0.3 is 0 Å². The van der Waals surface area contributed by atoms with Crippen LogP contribution >= 0.6 is 11.3 Å².